The van der Waals surface area contributed by atoms with Crippen molar-refractivity contribution >= 4 is 10.0 Å². The van der Waals surface area contributed by atoms with Crippen molar-refractivity contribution < 1.29 is 8.42 Å². The first-order valence-electron chi connectivity index (χ1n) is 3.85. The lowest BCUT2D eigenvalue weighted by molar-refractivity contribution is 0.581. The first-order chi connectivity index (χ1) is 6.14. The molecule has 3 N–H and O–H groups in total. The van der Waals surface area contributed by atoms with E-state index in [9.17, 15) is 8.42 Å². The molecule has 1 aromatic rings. The smallest absolute Gasteiger partial charge is 0.224 e. The minimum Gasteiger partial charge on any atom is -0.317 e. The summed E-state index contributed by atoms with van der Waals surface area (Å²) < 4.78 is 24.2. The van der Waals surface area contributed by atoms with E-state index >= 15 is 0 Å². The van der Waals surface area contributed by atoms with E-state index in [0.29, 0.717) is 6.54 Å². The molecule has 0 aliphatic rings. The van der Waals surface area contributed by atoms with Gasteiger partial charge in [-0.2, -0.15) is 0 Å². The van der Waals surface area contributed by atoms with E-state index in [1.807, 2.05) is 30.3 Å². The average molecular weight is 200 g/mol. The molecule has 0 radical (unpaired) electrons. The summed E-state index contributed by atoms with van der Waals surface area (Å²) in [6.07, 6.45) is 0. The molecule has 0 aliphatic carbocycles. The van der Waals surface area contributed by atoms with Gasteiger partial charge in [0.05, 0.1) is 0 Å². The number of hydrogen-bond donors (Lipinski definition) is 2. The highest BCUT2D eigenvalue weighted by molar-refractivity contribution is 7.89. The molecule has 0 saturated heterocycles. The molecule has 4 nitrogen and oxygen atoms in total. The Kier molecular flexibility index (Phi) is 3.41. The number of sulfonamides is 1. The largest absolute Gasteiger partial charge is 0.317 e. The summed E-state index contributed by atoms with van der Waals surface area (Å²) in [7, 11) is -3.29. The highest BCUT2D eigenvalue weighted by atomic mass is 32.2. The highest BCUT2D eigenvalue weighted by Crippen LogP contribution is 1.97. The van der Waals surface area contributed by atoms with Crippen LogP contribution >= 0.6 is 0 Å². The summed E-state index contributed by atoms with van der Waals surface area (Å²) in [6, 6.07) is 9.27. The predicted octanol–water partition coefficient (Wildman–Crippen LogP) is 0.0222. The van der Waals surface area contributed by atoms with Crippen LogP contribution in [0.25, 0.3) is 0 Å². The molecule has 0 bridgehead atoms. The van der Waals surface area contributed by atoms with E-state index in [-0.39, 0.29) is 5.88 Å². The predicted molar refractivity (Wildman–Crippen MR) is 51.3 cm³/mol. The normalized spacial score (nSPS) is 11.5. The first kappa shape index (κ1) is 10.2. The Morgan fingerprint density at radius 3 is 2.38 bits per heavy atom. The summed E-state index contributed by atoms with van der Waals surface area (Å²) >= 11 is 0. The van der Waals surface area contributed by atoms with Gasteiger partial charge in [-0.05, 0) is 5.56 Å². The van der Waals surface area contributed by atoms with E-state index in [0.717, 1.165) is 5.56 Å². The molecule has 0 aliphatic heterocycles. The van der Waals surface area contributed by atoms with Crippen LogP contribution in [0, 0.1) is 0 Å². The molecule has 0 atom stereocenters. The van der Waals surface area contributed by atoms with Crippen LogP contribution in [-0.4, -0.2) is 14.3 Å². The monoisotopic (exact) mass is 200 g/mol. The Labute approximate surface area is 77.8 Å². The molecule has 0 fully saturated rings. The molecule has 0 amide bonds. The van der Waals surface area contributed by atoms with E-state index in [1.165, 1.54) is 0 Å². The van der Waals surface area contributed by atoms with Gasteiger partial charge in [-0.25, -0.2) is 13.1 Å². The molecule has 0 unspecified atom stereocenters. The zero-order valence-corrected chi connectivity index (χ0v) is 7.92. The Balaban J connectivity index is 2.54. The summed E-state index contributed by atoms with van der Waals surface area (Å²) in [6.45, 7) is 0.292. The summed E-state index contributed by atoms with van der Waals surface area (Å²) in [4.78, 5) is 0. The van der Waals surface area contributed by atoms with Crippen molar-refractivity contribution in [3.05, 3.63) is 35.9 Å². The van der Waals surface area contributed by atoms with E-state index in [4.69, 9.17) is 5.73 Å². The molecule has 0 heterocycles. The summed E-state index contributed by atoms with van der Waals surface area (Å²) in [5, 5.41) is 0. The number of benzene rings is 1. The van der Waals surface area contributed by atoms with Gasteiger partial charge in [-0.3, -0.25) is 0 Å². The lowest BCUT2D eigenvalue weighted by atomic mass is 10.2. The average Bonchev–Trinajstić information content (AvgIpc) is 2.17. The fourth-order valence-electron chi connectivity index (χ4n) is 0.848. The fourth-order valence-corrected chi connectivity index (χ4v) is 1.35. The van der Waals surface area contributed by atoms with E-state index in [1.54, 1.807) is 0 Å². The van der Waals surface area contributed by atoms with Crippen molar-refractivity contribution in [3.63, 3.8) is 0 Å². The maximum absolute atomic E-state index is 10.9. The highest BCUT2D eigenvalue weighted by Gasteiger charge is 2.04. The molecular weight excluding hydrogens is 188 g/mol. The topological polar surface area (TPSA) is 72.2 Å². The summed E-state index contributed by atoms with van der Waals surface area (Å²) in [5.41, 5.74) is 5.94. The first-order valence-corrected chi connectivity index (χ1v) is 5.50. The SMILES string of the molecule is NCS(=O)(=O)NCc1ccccc1. The van der Waals surface area contributed by atoms with Gasteiger partial charge in [-0.15, -0.1) is 0 Å². The Bertz CT molecular complexity index is 348. The zero-order valence-electron chi connectivity index (χ0n) is 7.10. The van der Waals surface area contributed by atoms with Gasteiger partial charge in [0, 0.05) is 6.54 Å². The molecule has 72 valence electrons. The molecule has 5 heteroatoms. The number of hydrogen-bond acceptors (Lipinski definition) is 3. The maximum atomic E-state index is 10.9. The van der Waals surface area contributed by atoms with Gasteiger partial charge >= 0.3 is 0 Å². The van der Waals surface area contributed by atoms with Gasteiger partial charge in [0.15, 0.2) is 0 Å². The van der Waals surface area contributed by atoms with Crippen LogP contribution in [-0.2, 0) is 16.6 Å². The minimum absolute atomic E-state index is 0.292. The molecule has 1 aromatic carbocycles. The Hall–Kier alpha value is -0.910. The Morgan fingerprint density at radius 2 is 1.85 bits per heavy atom. The molecule has 0 aromatic heterocycles. The van der Waals surface area contributed by atoms with Gasteiger partial charge in [0.25, 0.3) is 0 Å². The van der Waals surface area contributed by atoms with Crippen molar-refractivity contribution in [2.45, 2.75) is 6.54 Å². The van der Waals surface area contributed by atoms with Crippen LogP contribution in [0.3, 0.4) is 0 Å². The molecule has 13 heavy (non-hydrogen) atoms. The van der Waals surface area contributed by atoms with Crippen LogP contribution in [0.15, 0.2) is 30.3 Å². The van der Waals surface area contributed by atoms with Gasteiger partial charge < -0.3 is 5.73 Å². The molecular formula is C8H12N2O2S. The van der Waals surface area contributed by atoms with Crippen molar-refractivity contribution in [2.24, 2.45) is 5.73 Å². The lowest BCUT2D eigenvalue weighted by Gasteiger charge is -2.03. The van der Waals surface area contributed by atoms with E-state index in [2.05, 4.69) is 4.72 Å². The maximum Gasteiger partial charge on any atom is 0.224 e. The Morgan fingerprint density at radius 1 is 1.23 bits per heavy atom. The number of nitrogens with one attached hydrogen (secondary N) is 1. The third-order valence-corrected chi connectivity index (χ3v) is 2.58. The van der Waals surface area contributed by atoms with Crippen LogP contribution in [0.4, 0.5) is 0 Å². The number of nitrogens with two attached hydrogens (primary N) is 1. The van der Waals surface area contributed by atoms with Crippen LogP contribution in [0.1, 0.15) is 5.56 Å². The van der Waals surface area contributed by atoms with Crippen LogP contribution in [0.5, 0.6) is 0 Å². The molecule has 0 spiro atoms. The quantitative estimate of drug-likeness (QED) is 0.719. The van der Waals surface area contributed by atoms with Crippen molar-refractivity contribution in [1.82, 2.24) is 4.72 Å². The second-order valence-electron chi connectivity index (χ2n) is 2.59. The van der Waals surface area contributed by atoms with Crippen molar-refractivity contribution in [1.29, 1.82) is 0 Å². The minimum atomic E-state index is -3.29. The van der Waals surface area contributed by atoms with Crippen molar-refractivity contribution in [3.8, 4) is 0 Å². The van der Waals surface area contributed by atoms with Gasteiger partial charge in [-0.1, -0.05) is 30.3 Å². The van der Waals surface area contributed by atoms with Crippen LogP contribution < -0.4 is 10.5 Å². The third-order valence-electron chi connectivity index (χ3n) is 1.56. The molecule has 1 rings (SSSR count). The number of rotatable bonds is 4. The lowest BCUT2D eigenvalue weighted by Crippen LogP contribution is -2.29. The second kappa shape index (κ2) is 4.36. The van der Waals surface area contributed by atoms with Crippen molar-refractivity contribution in [2.75, 3.05) is 5.88 Å². The second-order valence-corrected chi connectivity index (χ2v) is 4.44. The fraction of sp³-hybridized carbons (Fsp3) is 0.250. The van der Waals surface area contributed by atoms with Gasteiger partial charge in [0.1, 0.15) is 5.88 Å². The van der Waals surface area contributed by atoms with Gasteiger partial charge in [0.2, 0.25) is 10.0 Å². The standard InChI is InChI=1S/C8H12N2O2S/c9-7-13(11,12)10-6-8-4-2-1-3-5-8/h1-5,10H,6-7,9H2. The van der Waals surface area contributed by atoms with Crippen LogP contribution in [0.2, 0.25) is 0 Å². The molecule has 0 saturated carbocycles. The third kappa shape index (κ3) is 3.54. The summed E-state index contributed by atoms with van der Waals surface area (Å²) in [5.74, 6) is -0.375. The zero-order chi connectivity index (χ0) is 9.73. The van der Waals surface area contributed by atoms with E-state index < -0.39 is 10.0 Å².